The topological polar surface area (TPSA) is 110 Å². The van der Waals surface area contributed by atoms with Gasteiger partial charge in [-0.05, 0) is 12.8 Å². The second-order valence-electron chi connectivity index (χ2n) is 8.26. The first-order valence-corrected chi connectivity index (χ1v) is 11.6. The van der Waals surface area contributed by atoms with Crippen LogP contribution in [0.15, 0.2) is 0 Å². The van der Waals surface area contributed by atoms with Crippen LogP contribution >= 0.6 is 0 Å². The number of unbranched alkanes of at least 4 members (excludes halogenated alkanes) is 2. The Morgan fingerprint density at radius 3 is 2.06 bits per heavy atom. The third kappa shape index (κ3) is 8.12. The summed E-state index contributed by atoms with van der Waals surface area (Å²) in [6.07, 6.45) is 5.25. The highest BCUT2D eigenvalue weighted by molar-refractivity contribution is 5.88. The fraction of sp³-hybridized carbons (Fsp3) is 0.818. The molecule has 1 heterocycles. The molecule has 0 saturated carbocycles. The number of urea groups is 1. The van der Waals surface area contributed by atoms with Gasteiger partial charge in [0, 0.05) is 52.0 Å². The van der Waals surface area contributed by atoms with Gasteiger partial charge in [-0.1, -0.05) is 46.5 Å². The van der Waals surface area contributed by atoms with E-state index in [2.05, 4.69) is 6.92 Å². The van der Waals surface area contributed by atoms with Crippen molar-refractivity contribution in [2.24, 2.45) is 5.92 Å². The van der Waals surface area contributed by atoms with E-state index in [-0.39, 0.29) is 24.1 Å². The third-order valence-electron chi connectivity index (χ3n) is 5.98. The smallest absolute Gasteiger partial charge is 0.320 e. The van der Waals surface area contributed by atoms with Crippen LogP contribution in [0.5, 0.6) is 0 Å². The van der Waals surface area contributed by atoms with Gasteiger partial charge in [0.15, 0.2) is 5.78 Å². The number of nitrogens with one attached hydrogen (secondary N) is 1. The van der Waals surface area contributed by atoms with Crippen LogP contribution in [-0.4, -0.2) is 82.8 Å². The van der Waals surface area contributed by atoms with Gasteiger partial charge in [-0.3, -0.25) is 19.6 Å². The molecule has 1 fully saturated rings. The molecule has 0 bridgehead atoms. The van der Waals surface area contributed by atoms with Gasteiger partial charge in [-0.25, -0.2) is 10.3 Å². The number of amides is 4. The van der Waals surface area contributed by atoms with Crippen LogP contribution in [0.3, 0.4) is 0 Å². The van der Waals surface area contributed by atoms with Crippen LogP contribution < -0.4 is 5.48 Å². The molecular weight excluding hydrogens is 400 g/mol. The number of likely N-dealkylation sites (N-methyl/N-ethyl adjacent to an activating group) is 1. The molecule has 0 radical (unpaired) electrons. The summed E-state index contributed by atoms with van der Waals surface area (Å²) in [4.78, 5) is 54.7. The molecule has 1 aliphatic rings. The molecule has 178 valence electrons. The largest absolute Gasteiger partial charge is 0.339 e. The minimum atomic E-state index is -0.562. The van der Waals surface area contributed by atoms with E-state index in [9.17, 15) is 19.2 Å². The van der Waals surface area contributed by atoms with Crippen molar-refractivity contribution in [3.63, 3.8) is 0 Å². The average molecular weight is 441 g/mol. The maximum absolute atomic E-state index is 13.0. The Morgan fingerprint density at radius 2 is 1.55 bits per heavy atom. The Labute approximate surface area is 186 Å². The third-order valence-corrected chi connectivity index (χ3v) is 5.98. The van der Waals surface area contributed by atoms with E-state index < -0.39 is 17.9 Å². The van der Waals surface area contributed by atoms with E-state index >= 15 is 0 Å². The lowest BCUT2D eigenvalue weighted by Gasteiger charge is -2.39. The SMILES string of the molecule is CCCCC[C@H](CC(=O)NO)C(=O)N1CCN(C(=O)N(C)[C@@H](CCC)C(=O)CC)CC1. The first-order valence-electron chi connectivity index (χ1n) is 11.6. The van der Waals surface area contributed by atoms with Crippen molar-refractivity contribution >= 4 is 23.6 Å². The fourth-order valence-corrected chi connectivity index (χ4v) is 4.04. The van der Waals surface area contributed by atoms with Gasteiger partial charge >= 0.3 is 6.03 Å². The minimum Gasteiger partial charge on any atom is -0.339 e. The Kier molecular flexibility index (Phi) is 12.1. The molecule has 2 atom stereocenters. The van der Waals surface area contributed by atoms with Crippen LogP contribution in [0.25, 0.3) is 0 Å². The van der Waals surface area contributed by atoms with Gasteiger partial charge in [0.05, 0.1) is 6.04 Å². The molecular formula is C22H40N4O5. The summed E-state index contributed by atoms with van der Waals surface area (Å²) in [6, 6.07) is -0.603. The Bertz CT molecular complexity index is 605. The molecule has 0 spiro atoms. The molecule has 0 aromatic rings. The lowest BCUT2D eigenvalue weighted by atomic mass is 9.95. The van der Waals surface area contributed by atoms with Gasteiger partial charge in [0.25, 0.3) is 0 Å². The highest BCUT2D eigenvalue weighted by Crippen LogP contribution is 2.19. The first-order chi connectivity index (χ1) is 14.8. The number of carbonyl (C=O) groups is 4. The molecule has 2 N–H and O–H groups in total. The van der Waals surface area contributed by atoms with Gasteiger partial charge < -0.3 is 14.7 Å². The molecule has 9 nitrogen and oxygen atoms in total. The van der Waals surface area contributed by atoms with Crippen molar-refractivity contribution in [3.05, 3.63) is 0 Å². The summed E-state index contributed by atoms with van der Waals surface area (Å²) >= 11 is 0. The summed E-state index contributed by atoms with van der Waals surface area (Å²) in [7, 11) is 1.67. The highest BCUT2D eigenvalue weighted by Gasteiger charge is 2.33. The Hall–Kier alpha value is -2.16. The van der Waals surface area contributed by atoms with Crippen LogP contribution in [0.1, 0.15) is 72.1 Å². The molecule has 31 heavy (non-hydrogen) atoms. The van der Waals surface area contributed by atoms with E-state index in [1.165, 1.54) is 4.90 Å². The van der Waals surface area contributed by atoms with Crippen LogP contribution in [-0.2, 0) is 14.4 Å². The molecule has 1 rings (SSSR count). The lowest BCUT2D eigenvalue weighted by Crippen LogP contribution is -2.56. The van der Waals surface area contributed by atoms with Crippen LogP contribution in [0.4, 0.5) is 4.79 Å². The Morgan fingerprint density at radius 1 is 0.935 bits per heavy atom. The summed E-state index contributed by atoms with van der Waals surface area (Å²) in [5.74, 6) is -1.08. The normalized spacial score (nSPS) is 15.9. The van der Waals surface area contributed by atoms with E-state index in [4.69, 9.17) is 5.21 Å². The molecule has 0 aromatic carbocycles. The van der Waals surface area contributed by atoms with Crippen molar-refractivity contribution in [1.82, 2.24) is 20.2 Å². The zero-order chi connectivity index (χ0) is 23.4. The maximum atomic E-state index is 13.0. The zero-order valence-corrected chi connectivity index (χ0v) is 19.6. The van der Waals surface area contributed by atoms with Crippen molar-refractivity contribution in [1.29, 1.82) is 0 Å². The summed E-state index contributed by atoms with van der Waals surface area (Å²) in [5.41, 5.74) is 1.62. The van der Waals surface area contributed by atoms with Gasteiger partial charge in [-0.2, -0.15) is 0 Å². The minimum absolute atomic E-state index is 0.0429. The quantitative estimate of drug-likeness (QED) is 0.275. The summed E-state index contributed by atoms with van der Waals surface area (Å²) in [6.45, 7) is 7.44. The van der Waals surface area contributed by atoms with E-state index in [1.54, 1.807) is 22.3 Å². The number of hydroxylamine groups is 1. The second-order valence-corrected chi connectivity index (χ2v) is 8.26. The van der Waals surface area contributed by atoms with E-state index in [1.807, 2.05) is 13.8 Å². The monoisotopic (exact) mass is 440 g/mol. The van der Waals surface area contributed by atoms with Crippen LogP contribution in [0.2, 0.25) is 0 Å². The Balaban J connectivity index is 2.71. The number of hydrogen-bond acceptors (Lipinski definition) is 5. The van der Waals surface area contributed by atoms with Gasteiger partial charge in [0.2, 0.25) is 11.8 Å². The number of piperazine rings is 1. The number of nitrogens with zero attached hydrogens (tertiary/aromatic N) is 3. The number of hydrogen-bond donors (Lipinski definition) is 2. The van der Waals surface area contributed by atoms with Crippen molar-refractivity contribution in [2.45, 2.75) is 78.2 Å². The van der Waals surface area contributed by atoms with Crippen LogP contribution in [0, 0.1) is 5.92 Å². The first kappa shape index (κ1) is 26.9. The number of ketones is 1. The zero-order valence-electron chi connectivity index (χ0n) is 19.6. The standard InChI is InChI=1S/C22H40N4O5/c1-5-8-9-11-17(16-20(28)23-31)21(29)25-12-14-26(15-13-25)22(30)24(4)18(10-6-2)19(27)7-3/h17-18,31H,5-16H2,1-4H3,(H,23,28)/t17-,18+/m1/s1. The molecule has 0 unspecified atom stereocenters. The van der Waals surface area contributed by atoms with E-state index in [0.717, 1.165) is 25.7 Å². The van der Waals surface area contributed by atoms with Gasteiger partial charge in [-0.15, -0.1) is 0 Å². The predicted molar refractivity (Wildman–Crippen MR) is 117 cm³/mol. The summed E-state index contributed by atoms with van der Waals surface area (Å²) in [5, 5.41) is 8.84. The molecule has 1 saturated heterocycles. The van der Waals surface area contributed by atoms with Crippen molar-refractivity contribution in [2.75, 3.05) is 33.2 Å². The average Bonchev–Trinajstić information content (AvgIpc) is 2.80. The molecule has 4 amide bonds. The number of carbonyl (C=O) groups excluding carboxylic acids is 4. The fourth-order valence-electron chi connectivity index (χ4n) is 4.04. The van der Waals surface area contributed by atoms with Crippen molar-refractivity contribution < 1.29 is 24.4 Å². The highest BCUT2D eigenvalue weighted by atomic mass is 16.5. The number of rotatable bonds is 12. The summed E-state index contributed by atoms with van der Waals surface area (Å²) < 4.78 is 0. The molecule has 0 aromatic heterocycles. The van der Waals surface area contributed by atoms with Crippen molar-refractivity contribution in [3.8, 4) is 0 Å². The predicted octanol–water partition coefficient (Wildman–Crippen LogP) is 2.42. The van der Waals surface area contributed by atoms with Gasteiger partial charge in [0.1, 0.15) is 0 Å². The molecule has 1 aliphatic heterocycles. The maximum Gasteiger partial charge on any atom is 0.320 e. The second kappa shape index (κ2) is 14.0. The molecule has 9 heteroatoms. The lowest BCUT2D eigenvalue weighted by molar-refractivity contribution is -0.141. The van der Waals surface area contributed by atoms with E-state index in [0.29, 0.717) is 45.4 Å². The molecule has 0 aliphatic carbocycles. The number of Topliss-reactive ketones (excluding diaryl/α,β-unsaturated/α-hetero) is 1.